The molecule has 2 aromatic carbocycles. The minimum Gasteiger partial charge on any atom is -0.489 e. The Balaban J connectivity index is 1.73. The van der Waals surface area contributed by atoms with Crippen molar-refractivity contribution in [3.63, 3.8) is 0 Å². The fourth-order valence-electron chi connectivity index (χ4n) is 2.88. The van der Waals surface area contributed by atoms with Gasteiger partial charge in [-0.15, -0.1) is 0 Å². The van der Waals surface area contributed by atoms with Gasteiger partial charge in [0.2, 0.25) is 5.91 Å². The lowest BCUT2D eigenvalue weighted by molar-refractivity contribution is -0.127. The van der Waals surface area contributed by atoms with Gasteiger partial charge in [0.15, 0.2) is 0 Å². The van der Waals surface area contributed by atoms with Crippen LogP contribution in [0.15, 0.2) is 60.0 Å². The summed E-state index contributed by atoms with van der Waals surface area (Å²) in [7, 11) is 0. The van der Waals surface area contributed by atoms with E-state index in [4.69, 9.17) is 4.74 Å². The highest BCUT2D eigenvalue weighted by molar-refractivity contribution is 8.18. The molecule has 154 valence electrons. The van der Waals surface area contributed by atoms with Gasteiger partial charge in [-0.1, -0.05) is 43.0 Å². The van der Waals surface area contributed by atoms with Crippen molar-refractivity contribution < 1.29 is 19.1 Å². The molecular weight excluding hydrogens is 400 g/mol. The van der Waals surface area contributed by atoms with E-state index in [-0.39, 0.29) is 11.4 Å². The number of carbonyl (C=O) groups excluding carboxylic acids is 3. The number of aryl methyl sites for hydroxylation is 1. The van der Waals surface area contributed by atoms with E-state index in [0.717, 1.165) is 27.8 Å². The van der Waals surface area contributed by atoms with E-state index in [0.29, 0.717) is 23.6 Å². The summed E-state index contributed by atoms with van der Waals surface area (Å²) < 4.78 is 5.59. The van der Waals surface area contributed by atoms with Crippen molar-refractivity contribution in [1.82, 2.24) is 4.90 Å². The van der Waals surface area contributed by atoms with Gasteiger partial charge in [0, 0.05) is 11.3 Å². The van der Waals surface area contributed by atoms with Crippen molar-refractivity contribution in [3.8, 4) is 5.75 Å². The van der Waals surface area contributed by atoms with Crippen LogP contribution < -0.4 is 10.1 Å². The predicted octanol–water partition coefficient (Wildman–Crippen LogP) is 4.54. The number of thioether (sulfide) groups is 1. The Labute approximate surface area is 179 Å². The average Bonchev–Trinajstić information content (AvgIpc) is 2.98. The number of hydrogen-bond acceptors (Lipinski definition) is 5. The summed E-state index contributed by atoms with van der Waals surface area (Å²) in [4.78, 5) is 38.7. The number of hydrogen-bond donors (Lipinski definition) is 1. The second-order valence-corrected chi connectivity index (χ2v) is 7.69. The first-order valence-electron chi connectivity index (χ1n) is 9.35. The molecule has 7 heteroatoms. The van der Waals surface area contributed by atoms with Gasteiger partial charge in [0.05, 0.1) is 4.91 Å². The van der Waals surface area contributed by atoms with Gasteiger partial charge in [0.1, 0.15) is 18.9 Å². The van der Waals surface area contributed by atoms with Gasteiger partial charge >= 0.3 is 0 Å². The third-order valence-electron chi connectivity index (χ3n) is 4.62. The molecule has 0 aliphatic carbocycles. The molecular formula is C23H22N2O4S. The number of anilines is 1. The summed E-state index contributed by atoms with van der Waals surface area (Å²) in [5, 5.41) is 2.29. The molecule has 0 unspecified atom stereocenters. The summed E-state index contributed by atoms with van der Waals surface area (Å²) in [5.41, 5.74) is 3.32. The van der Waals surface area contributed by atoms with Crippen LogP contribution in [0.3, 0.4) is 0 Å². The fourth-order valence-corrected chi connectivity index (χ4v) is 3.71. The van der Waals surface area contributed by atoms with E-state index < -0.39 is 17.1 Å². The molecule has 1 fully saturated rings. The third kappa shape index (κ3) is 4.80. The van der Waals surface area contributed by atoms with Gasteiger partial charge in [0.25, 0.3) is 11.1 Å². The van der Waals surface area contributed by atoms with Crippen LogP contribution in [-0.2, 0) is 9.59 Å². The molecule has 0 aromatic heterocycles. The van der Waals surface area contributed by atoms with Crippen LogP contribution in [0.4, 0.5) is 10.5 Å². The highest BCUT2D eigenvalue weighted by Crippen LogP contribution is 2.34. The molecule has 3 amide bonds. The van der Waals surface area contributed by atoms with Crippen LogP contribution in [0, 0.1) is 13.8 Å². The number of para-hydroxylation sites is 1. The lowest BCUT2D eigenvalue weighted by atomic mass is 10.1. The van der Waals surface area contributed by atoms with Crippen LogP contribution in [0.5, 0.6) is 5.75 Å². The molecule has 6 nitrogen and oxygen atoms in total. The Kier molecular flexibility index (Phi) is 6.74. The topological polar surface area (TPSA) is 75.7 Å². The van der Waals surface area contributed by atoms with Crippen molar-refractivity contribution in [3.05, 3.63) is 76.7 Å². The first-order valence-corrected chi connectivity index (χ1v) is 10.2. The molecule has 1 aliphatic heterocycles. The number of ether oxygens (including phenoxy) is 1. The molecule has 1 aliphatic rings. The Hall–Kier alpha value is -3.32. The molecule has 0 bridgehead atoms. The molecule has 0 radical (unpaired) electrons. The highest BCUT2D eigenvalue weighted by atomic mass is 32.2. The number of nitrogens with zero attached hydrogens (tertiary/aromatic N) is 1. The van der Waals surface area contributed by atoms with Gasteiger partial charge < -0.3 is 10.1 Å². The molecule has 0 spiro atoms. The molecule has 1 N–H and O–H groups in total. The van der Waals surface area contributed by atoms with E-state index in [9.17, 15) is 14.4 Å². The van der Waals surface area contributed by atoms with Crippen molar-refractivity contribution >= 4 is 40.6 Å². The summed E-state index contributed by atoms with van der Waals surface area (Å²) in [6.07, 6.45) is 3.23. The predicted molar refractivity (Wildman–Crippen MR) is 119 cm³/mol. The Morgan fingerprint density at radius 1 is 1.17 bits per heavy atom. The van der Waals surface area contributed by atoms with Crippen LogP contribution in [0.25, 0.3) is 6.08 Å². The lowest BCUT2D eigenvalue weighted by Gasteiger charge is -2.14. The zero-order chi connectivity index (χ0) is 21.7. The van der Waals surface area contributed by atoms with Crippen molar-refractivity contribution in [1.29, 1.82) is 0 Å². The van der Waals surface area contributed by atoms with E-state index >= 15 is 0 Å². The normalized spacial score (nSPS) is 14.9. The third-order valence-corrected chi connectivity index (χ3v) is 5.52. The fraction of sp³-hybridized carbons (Fsp3) is 0.174. The largest absolute Gasteiger partial charge is 0.489 e. The van der Waals surface area contributed by atoms with Crippen LogP contribution in [-0.4, -0.2) is 35.1 Å². The number of imide groups is 1. The maximum atomic E-state index is 12.7. The van der Waals surface area contributed by atoms with E-state index in [1.807, 2.05) is 38.1 Å². The number of nitrogens with one attached hydrogen (secondary N) is 1. The Morgan fingerprint density at radius 2 is 1.93 bits per heavy atom. The first-order chi connectivity index (χ1) is 14.4. The standard InChI is InChI=1S/C23H22N2O4S/c1-4-12-29-19-11-6-5-9-17(19)13-20-22(27)25(23(28)30-20)14-21(26)24-18-10-7-8-15(2)16(18)3/h4-11,13H,1,12,14H2,2-3H3,(H,24,26)/b20-13-. The van der Waals surface area contributed by atoms with E-state index in [1.165, 1.54) is 0 Å². The second kappa shape index (κ2) is 9.45. The smallest absolute Gasteiger partial charge is 0.294 e. The zero-order valence-corrected chi connectivity index (χ0v) is 17.6. The van der Waals surface area contributed by atoms with Crippen molar-refractivity contribution in [2.75, 3.05) is 18.5 Å². The second-order valence-electron chi connectivity index (χ2n) is 6.70. The average molecular weight is 423 g/mol. The summed E-state index contributed by atoms with van der Waals surface area (Å²) in [6.45, 7) is 7.45. The maximum absolute atomic E-state index is 12.7. The molecule has 1 saturated heterocycles. The van der Waals surface area contributed by atoms with Gasteiger partial charge in [-0.2, -0.15) is 0 Å². The van der Waals surface area contributed by atoms with Crippen LogP contribution >= 0.6 is 11.8 Å². The van der Waals surface area contributed by atoms with Gasteiger partial charge in [-0.05, 0) is 54.9 Å². The summed E-state index contributed by atoms with van der Waals surface area (Å²) in [5.74, 6) is -0.349. The van der Waals surface area contributed by atoms with Crippen molar-refractivity contribution in [2.45, 2.75) is 13.8 Å². The quantitative estimate of drug-likeness (QED) is 0.524. The maximum Gasteiger partial charge on any atom is 0.294 e. The van der Waals surface area contributed by atoms with E-state index in [1.54, 1.807) is 30.4 Å². The number of rotatable bonds is 7. The minimum atomic E-state index is -0.500. The van der Waals surface area contributed by atoms with Gasteiger partial charge in [-0.3, -0.25) is 19.3 Å². The summed E-state index contributed by atoms with van der Waals surface area (Å²) in [6, 6.07) is 12.8. The number of amides is 3. The SMILES string of the molecule is C=CCOc1ccccc1/C=C1\SC(=O)N(CC(=O)Nc2cccc(C)c2C)C1=O. The molecule has 3 rings (SSSR count). The lowest BCUT2D eigenvalue weighted by Crippen LogP contribution is -2.36. The monoisotopic (exact) mass is 422 g/mol. The number of carbonyl (C=O) groups is 3. The van der Waals surface area contributed by atoms with Crippen LogP contribution in [0.2, 0.25) is 0 Å². The van der Waals surface area contributed by atoms with Gasteiger partial charge in [-0.25, -0.2) is 0 Å². The molecule has 1 heterocycles. The number of benzene rings is 2. The Bertz CT molecular complexity index is 1050. The molecule has 30 heavy (non-hydrogen) atoms. The minimum absolute atomic E-state index is 0.245. The zero-order valence-electron chi connectivity index (χ0n) is 16.8. The molecule has 0 saturated carbocycles. The summed E-state index contributed by atoms with van der Waals surface area (Å²) >= 11 is 0.806. The van der Waals surface area contributed by atoms with Crippen LogP contribution in [0.1, 0.15) is 16.7 Å². The molecule has 0 atom stereocenters. The first kappa shape index (κ1) is 21.4. The van der Waals surface area contributed by atoms with E-state index in [2.05, 4.69) is 11.9 Å². The van der Waals surface area contributed by atoms with Crippen molar-refractivity contribution in [2.24, 2.45) is 0 Å². The Morgan fingerprint density at radius 3 is 2.70 bits per heavy atom. The molecule has 2 aromatic rings. The highest BCUT2D eigenvalue weighted by Gasteiger charge is 2.36.